The summed E-state index contributed by atoms with van der Waals surface area (Å²) in [4.78, 5) is 2.61. The predicted octanol–water partition coefficient (Wildman–Crippen LogP) is 3.05. The minimum Gasteiger partial charge on any atom is -0.329 e. The Bertz CT molecular complexity index is 183. The number of halogens is 1. The van der Waals surface area contributed by atoms with Gasteiger partial charge in [-0.25, -0.2) is 0 Å². The van der Waals surface area contributed by atoms with Crippen molar-refractivity contribution in [3.63, 3.8) is 0 Å². The van der Waals surface area contributed by atoms with E-state index in [1.165, 1.54) is 45.2 Å². The highest BCUT2D eigenvalue weighted by Gasteiger charge is 2.23. The lowest BCUT2D eigenvalue weighted by Crippen LogP contribution is -2.45. The van der Waals surface area contributed by atoms with Gasteiger partial charge in [-0.05, 0) is 37.8 Å². The summed E-state index contributed by atoms with van der Waals surface area (Å²) in [5.41, 5.74) is 6.32. The van der Waals surface area contributed by atoms with Gasteiger partial charge in [0.25, 0.3) is 0 Å². The number of hydrogen-bond acceptors (Lipinski definition) is 2. The second-order valence-electron chi connectivity index (χ2n) is 5.69. The minimum atomic E-state index is 0. The summed E-state index contributed by atoms with van der Waals surface area (Å²) < 4.78 is 0. The zero-order valence-electron chi connectivity index (χ0n) is 11.2. The molecule has 1 saturated heterocycles. The summed E-state index contributed by atoms with van der Waals surface area (Å²) in [6.07, 6.45) is 6.62. The van der Waals surface area contributed by atoms with E-state index in [-0.39, 0.29) is 12.4 Å². The van der Waals surface area contributed by atoms with Crippen LogP contribution in [0.5, 0.6) is 0 Å². The van der Waals surface area contributed by atoms with Crippen molar-refractivity contribution in [3.05, 3.63) is 0 Å². The normalized spacial score (nSPS) is 22.9. The maximum atomic E-state index is 5.82. The fourth-order valence-corrected chi connectivity index (χ4v) is 2.24. The number of likely N-dealkylation sites (tertiary alicyclic amines) is 1. The van der Waals surface area contributed by atoms with Crippen molar-refractivity contribution < 1.29 is 0 Å². The Balaban J connectivity index is 0.00000225. The van der Waals surface area contributed by atoms with Crippen molar-refractivity contribution >= 4 is 12.4 Å². The molecule has 1 aliphatic rings. The van der Waals surface area contributed by atoms with Gasteiger partial charge in [0.1, 0.15) is 0 Å². The van der Waals surface area contributed by atoms with Crippen LogP contribution in [-0.2, 0) is 0 Å². The van der Waals surface area contributed by atoms with Crippen LogP contribution < -0.4 is 5.73 Å². The first kappa shape index (κ1) is 16.2. The Morgan fingerprint density at radius 2 is 2.00 bits per heavy atom. The summed E-state index contributed by atoms with van der Waals surface area (Å²) in [6, 6.07) is 0.659. The molecule has 3 heteroatoms. The largest absolute Gasteiger partial charge is 0.329 e. The number of rotatable bonds is 5. The number of nitrogens with two attached hydrogens (primary N) is 1. The van der Waals surface area contributed by atoms with Crippen molar-refractivity contribution in [2.24, 2.45) is 11.1 Å². The van der Waals surface area contributed by atoms with Gasteiger partial charge in [-0.3, -0.25) is 4.90 Å². The first-order chi connectivity index (χ1) is 7.09. The molecule has 16 heavy (non-hydrogen) atoms. The molecule has 1 rings (SSSR count). The molecule has 98 valence electrons. The molecule has 2 nitrogen and oxygen atoms in total. The van der Waals surface area contributed by atoms with Gasteiger partial charge in [-0.1, -0.05) is 33.6 Å². The van der Waals surface area contributed by atoms with E-state index in [1.807, 2.05) is 0 Å². The zero-order chi connectivity index (χ0) is 11.3. The molecule has 0 radical (unpaired) electrons. The second-order valence-corrected chi connectivity index (χ2v) is 5.69. The lowest BCUT2D eigenvalue weighted by atomic mass is 9.86. The van der Waals surface area contributed by atoms with Crippen LogP contribution in [0.2, 0.25) is 0 Å². The van der Waals surface area contributed by atoms with Crippen molar-refractivity contribution in [1.82, 2.24) is 4.90 Å². The molecule has 1 aliphatic heterocycles. The van der Waals surface area contributed by atoms with Crippen molar-refractivity contribution in [3.8, 4) is 0 Å². The molecule has 2 N–H and O–H groups in total. The van der Waals surface area contributed by atoms with E-state index in [2.05, 4.69) is 25.7 Å². The number of hydrogen-bond donors (Lipinski definition) is 1. The number of piperidine rings is 1. The summed E-state index contributed by atoms with van der Waals surface area (Å²) in [5.74, 6) is 0. The van der Waals surface area contributed by atoms with Gasteiger partial charge >= 0.3 is 0 Å². The van der Waals surface area contributed by atoms with Crippen LogP contribution in [0.1, 0.15) is 52.9 Å². The SMILES string of the molecule is CCC(C)(C)CCN1CCCCC1CN.Cl. The quantitative estimate of drug-likeness (QED) is 0.811. The van der Waals surface area contributed by atoms with Crippen molar-refractivity contribution in [2.75, 3.05) is 19.6 Å². The molecule has 1 fully saturated rings. The van der Waals surface area contributed by atoms with Crippen LogP contribution in [0.25, 0.3) is 0 Å². The van der Waals surface area contributed by atoms with Gasteiger partial charge in [0, 0.05) is 12.6 Å². The Hall–Kier alpha value is 0.210. The highest BCUT2D eigenvalue weighted by Crippen LogP contribution is 2.26. The lowest BCUT2D eigenvalue weighted by molar-refractivity contribution is 0.129. The summed E-state index contributed by atoms with van der Waals surface area (Å²) >= 11 is 0. The van der Waals surface area contributed by atoms with E-state index in [9.17, 15) is 0 Å². The molecule has 1 heterocycles. The molecule has 0 aliphatic carbocycles. The van der Waals surface area contributed by atoms with Crippen molar-refractivity contribution in [2.45, 2.75) is 58.9 Å². The van der Waals surface area contributed by atoms with E-state index in [1.54, 1.807) is 0 Å². The average Bonchev–Trinajstić information content (AvgIpc) is 2.27. The molecular formula is C13H29ClN2. The Labute approximate surface area is 107 Å². The van der Waals surface area contributed by atoms with Gasteiger partial charge in [-0.2, -0.15) is 0 Å². The fraction of sp³-hybridized carbons (Fsp3) is 1.00. The molecule has 0 aromatic heterocycles. The van der Waals surface area contributed by atoms with Crippen LogP contribution >= 0.6 is 12.4 Å². The topological polar surface area (TPSA) is 29.3 Å². The third-order valence-corrected chi connectivity index (χ3v) is 4.05. The van der Waals surface area contributed by atoms with E-state index < -0.39 is 0 Å². The van der Waals surface area contributed by atoms with E-state index in [0.717, 1.165) is 6.54 Å². The van der Waals surface area contributed by atoms with Gasteiger partial charge in [0.15, 0.2) is 0 Å². The third kappa shape index (κ3) is 5.03. The van der Waals surface area contributed by atoms with Gasteiger partial charge in [-0.15, -0.1) is 12.4 Å². The van der Waals surface area contributed by atoms with Crippen LogP contribution in [0.15, 0.2) is 0 Å². The average molecular weight is 249 g/mol. The Kier molecular flexibility index (Phi) is 7.62. The zero-order valence-corrected chi connectivity index (χ0v) is 12.0. The smallest absolute Gasteiger partial charge is 0.0218 e. The van der Waals surface area contributed by atoms with E-state index in [0.29, 0.717) is 11.5 Å². The third-order valence-electron chi connectivity index (χ3n) is 4.05. The van der Waals surface area contributed by atoms with Crippen LogP contribution in [0.3, 0.4) is 0 Å². The van der Waals surface area contributed by atoms with Gasteiger partial charge in [0.2, 0.25) is 0 Å². The molecule has 0 bridgehead atoms. The van der Waals surface area contributed by atoms with Gasteiger partial charge in [0.05, 0.1) is 0 Å². The summed E-state index contributed by atoms with van der Waals surface area (Å²) in [5, 5.41) is 0. The first-order valence-corrected chi connectivity index (χ1v) is 6.53. The van der Waals surface area contributed by atoms with Crippen LogP contribution in [0.4, 0.5) is 0 Å². The molecule has 0 spiro atoms. The minimum absolute atomic E-state index is 0. The maximum Gasteiger partial charge on any atom is 0.0218 e. The highest BCUT2D eigenvalue weighted by atomic mass is 35.5. The Morgan fingerprint density at radius 3 is 2.56 bits per heavy atom. The van der Waals surface area contributed by atoms with Gasteiger partial charge < -0.3 is 5.73 Å². The van der Waals surface area contributed by atoms with Crippen LogP contribution in [0, 0.1) is 5.41 Å². The number of nitrogens with zero attached hydrogens (tertiary/aromatic N) is 1. The Morgan fingerprint density at radius 1 is 1.31 bits per heavy atom. The second kappa shape index (κ2) is 7.52. The molecule has 1 unspecified atom stereocenters. The highest BCUT2D eigenvalue weighted by molar-refractivity contribution is 5.85. The monoisotopic (exact) mass is 248 g/mol. The summed E-state index contributed by atoms with van der Waals surface area (Å²) in [6.45, 7) is 10.4. The maximum absolute atomic E-state index is 5.82. The van der Waals surface area contributed by atoms with Crippen LogP contribution in [-0.4, -0.2) is 30.6 Å². The molecule has 0 aromatic rings. The lowest BCUT2D eigenvalue weighted by Gasteiger charge is -2.37. The summed E-state index contributed by atoms with van der Waals surface area (Å²) in [7, 11) is 0. The van der Waals surface area contributed by atoms with Crippen molar-refractivity contribution in [1.29, 1.82) is 0 Å². The van der Waals surface area contributed by atoms with E-state index in [4.69, 9.17) is 5.73 Å². The van der Waals surface area contributed by atoms with E-state index >= 15 is 0 Å². The standard InChI is InChI=1S/C13H28N2.ClH/c1-4-13(2,3)8-10-15-9-6-5-7-12(15)11-14;/h12H,4-11,14H2,1-3H3;1H. The molecule has 1 atom stereocenters. The first-order valence-electron chi connectivity index (χ1n) is 6.53. The molecular weight excluding hydrogens is 220 g/mol. The molecule has 0 amide bonds. The molecule has 0 saturated carbocycles. The fourth-order valence-electron chi connectivity index (χ4n) is 2.24. The molecule has 0 aromatic carbocycles. The predicted molar refractivity (Wildman–Crippen MR) is 74.2 cm³/mol.